The summed E-state index contributed by atoms with van der Waals surface area (Å²) in [5.74, 6) is 0.0473. The van der Waals surface area contributed by atoms with Gasteiger partial charge in [-0.15, -0.1) is 0 Å². The van der Waals surface area contributed by atoms with Crippen LogP contribution in [0.15, 0.2) is 24.3 Å². The molecule has 0 aromatic heterocycles. The number of methoxy groups -OCH3 is 1. The fraction of sp³-hybridized carbons (Fsp3) is 0.500. The molecule has 2 atom stereocenters. The van der Waals surface area contributed by atoms with Crippen LogP contribution in [0.1, 0.15) is 43.2 Å². The Kier molecular flexibility index (Phi) is 4.48. The molecule has 2 rings (SSSR count). The van der Waals surface area contributed by atoms with E-state index in [4.69, 9.17) is 4.74 Å². The summed E-state index contributed by atoms with van der Waals surface area (Å²) in [6.07, 6.45) is 2.04. The van der Waals surface area contributed by atoms with Gasteiger partial charge in [0.1, 0.15) is 11.6 Å². The van der Waals surface area contributed by atoms with E-state index < -0.39 is 5.92 Å². The second kappa shape index (κ2) is 6.11. The predicted molar refractivity (Wildman–Crippen MR) is 72.9 cm³/mol. The molecule has 1 aromatic rings. The quantitative estimate of drug-likeness (QED) is 0.782. The van der Waals surface area contributed by atoms with E-state index in [2.05, 4.69) is 24.3 Å². The first-order chi connectivity index (χ1) is 9.11. The molecule has 0 saturated heterocycles. The van der Waals surface area contributed by atoms with Gasteiger partial charge in [0.15, 0.2) is 0 Å². The van der Waals surface area contributed by atoms with Gasteiger partial charge in [0, 0.05) is 13.5 Å². The van der Waals surface area contributed by atoms with Crippen LogP contribution >= 0.6 is 0 Å². The van der Waals surface area contributed by atoms with Gasteiger partial charge < -0.3 is 4.74 Å². The van der Waals surface area contributed by atoms with Crippen molar-refractivity contribution in [2.45, 2.75) is 38.7 Å². The molecule has 102 valence electrons. The second-order valence-electron chi connectivity index (χ2n) is 5.28. The van der Waals surface area contributed by atoms with Crippen molar-refractivity contribution in [3.05, 3.63) is 35.4 Å². The van der Waals surface area contributed by atoms with Crippen LogP contribution in [0.4, 0.5) is 0 Å². The number of Topliss-reactive ketones (excluding diaryl/α,β-unsaturated/α-hetero) is 2. The van der Waals surface area contributed by atoms with Gasteiger partial charge in [-0.3, -0.25) is 9.59 Å². The zero-order valence-electron chi connectivity index (χ0n) is 11.5. The maximum atomic E-state index is 11.7. The summed E-state index contributed by atoms with van der Waals surface area (Å²) in [6.45, 7) is 2.13. The van der Waals surface area contributed by atoms with Crippen molar-refractivity contribution in [3.8, 4) is 0 Å². The lowest BCUT2D eigenvalue weighted by molar-refractivity contribution is -0.133. The van der Waals surface area contributed by atoms with Crippen LogP contribution in [-0.4, -0.2) is 18.7 Å². The van der Waals surface area contributed by atoms with Crippen LogP contribution in [0.3, 0.4) is 0 Å². The Morgan fingerprint density at radius 3 is 2.58 bits per heavy atom. The zero-order chi connectivity index (χ0) is 13.8. The maximum Gasteiger partial charge on any atom is 0.143 e. The number of carbonyl (C=O) groups is 2. The fourth-order valence-corrected chi connectivity index (χ4v) is 2.77. The average Bonchev–Trinajstić information content (AvgIpc) is 2.40. The van der Waals surface area contributed by atoms with Crippen LogP contribution in [0.25, 0.3) is 0 Å². The Hall–Kier alpha value is -1.48. The highest BCUT2D eigenvalue weighted by Gasteiger charge is 2.32. The van der Waals surface area contributed by atoms with E-state index in [-0.39, 0.29) is 11.6 Å². The largest absolute Gasteiger partial charge is 0.380 e. The van der Waals surface area contributed by atoms with Gasteiger partial charge in [0.2, 0.25) is 0 Å². The molecule has 1 saturated carbocycles. The summed E-state index contributed by atoms with van der Waals surface area (Å²) in [5.41, 5.74) is 2.36. The Bertz CT molecular complexity index is 461. The second-order valence-corrected chi connectivity index (χ2v) is 5.28. The lowest BCUT2D eigenvalue weighted by Crippen LogP contribution is -2.29. The molecule has 1 aromatic carbocycles. The lowest BCUT2D eigenvalue weighted by Gasteiger charge is -2.27. The van der Waals surface area contributed by atoms with Crippen molar-refractivity contribution in [1.29, 1.82) is 0 Å². The normalized spacial score (nSPS) is 23.4. The molecule has 0 spiro atoms. The highest BCUT2D eigenvalue weighted by Crippen LogP contribution is 2.34. The molecule has 0 bridgehead atoms. The summed E-state index contributed by atoms with van der Waals surface area (Å²) in [7, 11) is 1.68. The SMILES string of the molecule is COCc1ccc([C@@H]2CCC(=O)[C@@H](C(C)=O)C2)cc1. The molecule has 1 aliphatic rings. The lowest BCUT2D eigenvalue weighted by atomic mass is 9.76. The molecule has 0 amide bonds. The highest BCUT2D eigenvalue weighted by molar-refractivity contribution is 6.01. The minimum atomic E-state index is -0.391. The first-order valence-electron chi connectivity index (χ1n) is 6.72. The summed E-state index contributed by atoms with van der Waals surface area (Å²) in [6, 6.07) is 8.29. The van der Waals surface area contributed by atoms with E-state index in [1.54, 1.807) is 7.11 Å². The zero-order valence-corrected chi connectivity index (χ0v) is 11.5. The van der Waals surface area contributed by atoms with Gasteiger partial charge >= 0.3 is 0 Å². The molecule has 1 fully saturated rings. The summed E-state index contributed by atoms with van der Waals surface area (Å²) < 4.78 is 5.09. The van der Waals surface area contributed by atoms with E-state index in [9.17, 15) is 9.59 Å². The Morgan fingerprint density at radius 2 is 2.00 bits per heavy atom. The van der Waals surface area contributed by atoms with Gasteiger partial charge in [-0.05, 0) is 36.8 Å². The molecular formula is C16H20O3. The number of rotatable bonds is 4. The van der Waals surface area contributed by atoms with Gasteiger partial charge in [-0.2, -0.15) is 0 Å². The molecule has 3 nitrogen and oxygen atoms in total. The van der Waals surface area contributed by atoms with Gasteiger partial charge in [-0.25, -0.2) is 0 Å². The van der Waals surface area contributed by atoms with Crippen LogP contribution in [0.2, 0.25) is 0 Å². The standard InChI is InChI=1S/C16H20O3/c1-11(17)15-9-14(7-8-16(15)18)13-5-3-12(4-6-13)10-19-2/h3-6,14-15H,7-10H2,1-2H3/t14-,15-/m1/s1. The molecule has 0 aliphatic heterocycles. The van der Waals surface area contributed by atoms with Gasteiger partial charge in [0.25, 0.3) is 0 Å². The maximum absolute atomic E-state index is 11.7. The van der Waals surface area contributed by atoms with E-state index in [1.807, 2.05) is 0 Å². The van der Waals surface area contributed by atoms with E-state index in [1.165, 1.54) is 12.5 Å². The number of carbonyl (C=O) groups excluding carboxylic acids is 2. The highest BCUT2D eigenvalue weighted by atomic mass is 16.5. The third-order valence-corrected chi connectivity index (χ3v) is 3.90. The van der Waals surface area contributed by atoms with Crippen LogP contribution in [0, 0.1) is 5.92 Å². The smallest absolute Gasteiger partial charge is 0.143 e. The number of benzene rings is 1. The van der Waals surface area contributed by atoms with Crippen molar-refractivity contribution in [3.63, 3.8) is 0 Å². The van der Waals surface area contributed by atoms with E-state index >= 15 is 0 Å². The summed E-state index contributed by atoms with van der Waals surface area (Å²) in [5, 5.41) is 0. The van der Waals surface area contributed by atoms with Crippen molar-refractivity contribution in [2.24, 2.45) is 5.92 Å². The van der Waals surface area contributed by atoms with Crippen molar-refractivity contribution in [2.75, 3.05) is 7.11 Å². The molecule has 1 aliphatic carbocycles. The Morgan fingerprint density at radius 1 is 1.32 bits per heavy atom. The molecule has 0 N–H and O–H groups in total. The number of hydrogen-bond acceptors (Lipinski definition) is 3. The first kappa shape index (κ1) is 13.9. The van der Waals surface area contributed by atoms with Gasteiger partial charge in [-0.1, -0.05) is 24.3 Å². The van der Waals surface area contributed by atoms with Crippen molar-refractivity contribution >= 4 is 11.6 Å². The van der Waals surface area contributed by atoms with E-state index in [0.717, 1.165) is 12.0 Å². The van der Waals surface area contributed by atoms with Gasteiger partial charge in [0.05, 0.1) is 12.5 Å². The van der Waals surface area contributed by atoms with Crippen LogP contribution in [-0.2, 0) is 20.9 Å². The number of ether oxygens (including phenoxy) is 1. The molecule has 3 heteroatoms. The number of hydrogen-bond donors (Lipinski definition) is 0. The van der Waals surface area contributed by atoms with Crippen molar-refractivity contribution < 1.29 is 14.3 Å². The third kappa shape index (κ3) is 3.29. The number of ketones is 2. The molecule has 0 heterocycles. The first-order valence-corrected chi connectivity index (χ1v) is 6.72. The molecule has 0 unspecified atom stereocenters. The average molecular weight is 260 g/mol. The monoisotopic (exact) mass is 260 g/mol. The summed E-state index contributed by atoms with van der Waals surface area (Å²) in [4.78, 5) is 23.2. The third-order valence-electron chi connectivity index (χ3n) is 3.90. The fourth-order valence-electron chi connectivity index (χ4n) is 2.77. The Balaban J connectivity index is 2.09. The minimum Gasteiger partial charge on any atom is -0.380 e. The summed E-state index contributed by atoms with van der Waals surface area (Å²) >= 11 is 0. The molecule has 0 radical (unpaired) electrons. The van der Waals surface area contributed by atoms with Crippen LogP contribution in [0.5, 0.6) is 0 Å². The van der Waals surface area contributed by atoms with Crippen LogP contribution < -0.4 is 0 Å². The van der Waals surface area contributed by atoms with Crippen molar-refractivity contribution in [1.82, 2.24) is 0 Å². The minimum absolute atomic E-state index is 0.00528. The molecular weight excluding hydrogens is 240 g/mol. The van der Waals surface area contributed by atoms with E-state index in [0.29, 0.717) is 25.4 Å². The topological polar surface area (TPSA) is 43.4 Å². The predicted octanol–water partition coefficient (Wildman–Crippen LogP) is 2.87. The Labute approximate surface area is 114 Å². The molecule has 19 heavy (non-hydrogen) atoms.